The van der Waals surface area contributed by atoms with Crippen LogP contribution in [0, 0.1) is 0 Å². The first-order valence-corrected chi connectivity index (χ1v) is 4.55. The smallest absolute Gasteiger partial charge is 0.375 e. The molecule has 3 N–H and O–H groups in total. The Morgan fingerprint density at radius 3 is 1.86 bits per heavy atom. The molecule has 0 aromatic carbocycles. The molecular weight excluding hydrogens is 184 g/mol. The van der Waals surface area contributed by atoms with E-state index in [0.717, 1.165) is 0 Å². The summed E-state index contributed by atoms with van der Waals surface area (Å²) in [5, 5.41) is 9.14. The van der Waals surface area contributed by atoms with Crippen molar-refractivity contribution in [2.75, 3.05) is 21.1 Å². The Morgan fingerprint density at radius 2 is 1.79 bits per heavy atom. The summed E-state index contributed by atoms with van der Waals surface area (Å²) in [6, 6.07) is 0. The van der Waals surface area contributed by atoms with Crippen LogP contribution in [0.4, 0.5) is 0 Å². The van der Waals surface area contributed by atoms with Crippen molar-refractivity contribution < 1.29 is 19.2 Å². The van der Waals surface area contributed by atoms with E-state index in [1.165, 1.54) is 0 Å². The van der Waals surface area contributed by atoms with E-state index < -0.39 is 17.4 Å². The van der Waals surface area contributed by atoms with E-state index >= 15 is 0 Å². The Hall–Kier alpha value is -1.10. The van der Waals surface area contributed by atoms with E-state index in [1.807, 2.05) is 6.92 Å². The lowest BCUT2D eigenvalue weighted by atomic mass is 9.89. The van der Waals surface area contributed by atoms with Crippen molar-refractivity contribution in [1.29, 1.82) is 0 Å². The number of hydrogen-bond donors (Lipinski definition) is 2. The molecule has 1 atom stereocenters. The highest BCUT2D eigenvalue weighted by atomic mass is 16.4. The topological polar surface area (TPSA) is 80.4 Å². The molecule has 0 aromatic heterocycles. The SMILES string of the molecule is CCCC(C(N)=O)(C(=O)O)[N+](C)(C)C. The number of carbonyl (C=O) groups is 2. The van der Waals surface area contributed by atoms with E-state index in [2.05, 4.69) is 0 Å². The molecule has 0 bridgehead atoms. The van der Waals surface area contributed by atoms with Crippen molar-refractivity contribution in [3.63, 3.8) is 0 Å². The molecule has 5 heteroatoms. The predicted molar refractivity (Wildman–Crippen MR) is 52.5 cm³/mol. The number of carbonyl (C=O) groups excluding carboxylic acids is 1. The summed E-state index contributed by atoms with van der Waals surface area (Å²) in [5.74, 6) is -1.93. The fourth-order valence-electron chi connectivity index (χ4n) is 1.65. The number of carboxylic acid groups (broad SMARTS) is 1. The molecule has 0 aliphatic heterocycles. The molecule has 0 radical (unpaired) electrons. The average molecular weight is 203 g/mol. The Balaban J connectivity index is 5.39. The maximum atomic E-state index is 11.3. The lowest BCUT2D eigenvalue weighted by molar-refractivity contribution is -0.903. The largest absolute Gasteiger partial charge is 0.476 e. The average Bonchev–Trinajstić information content (AvgIpc) is 1.95. The van der Waals surface area contributed by atoms with Crippen LogP contribution < -0.4 is 5.73 Å². The normalized spacial score (nSPS) is 16.0. The molecule has 14 heavy (non-hydrogen) atoms. The van der Waals surface area contributed by atoms with Crippen LogP contribution in [0.2, 0.25) is 0 Å². The number of primary amides is 1. The van der Waals surface area contributed by atoms with Crippen LogP contribution >= 0.6 is 0 Å². The van der Waals surface area contributed by atoms with Crippen LogP contribution in [-0.4, -0.2) is 48.1 Å². The molecule has 0 spiro atoms. The number of rotatable bonds is 5. The monoisotopic (exact) mass is 203 g/mol. The minimum absolute atomic E-state index is 0.00546. The predicted octanol–water partition coefficient (Wildman–Crippen LogP) is -0.199. The van der Waals surface area contributed by atoms with Crippen molar-refractivity contribution in [3.8, 4) is 0 Å². The standard InChI is InChI=1S/C9H18N2O3/c1-5-6-9(7(10)12,8(13)14)11(2,3)4/h5-6H2,1-4H3,(H2-,10,12,13,14)/p+1. The van der Waals surface area contributed by atoms with Gasteiger partial charge in [-0.15, -0.1) is 0 Å². The van der Waals surface area contributed by atoms with Gasteiger partial charge in [0.2, 0.25) is 0 Å². The summed E-state index contributed by atoms with van der Waals surface area (Å²) in [6.45, 7) is 1.83. The molecule has 0 aromatic rings. The molecule has 0 aliphatic carbocycles. The van der Waals surface area contributed by atoms with E-state index in [1.54, 1.807) is 21.1 Å². The maximum Gasteiger partial charge on any atom is 0.375 e. The molecule has 82 valence electrons. The second-order valence-corrected chi connectivity index (χ2v) is 4.29. The number of nitrogens with zero attached hydrogens (tertiary/aromatic N) is 1. The highest BCUT2D eigenvalue weighted by Gasteiger charge is 2.55. The molecule has 0 fully saturated rings. The van der Waals surface area contributed by atoms with Crippen LogP contribution in [0.1, 0.15) is 19.8 Å². The Kier molecular flexibility index (Phi) is 3.65. The van der Waals surface area contributed by atoms with Crippen LogP contribution in [0.25, 0.3) is 0 Å². The Morgan fingerprint density at radius 1 is 1.36 bits per heavy atom. The maximum absolute atomic E-state index is 11.3. The summed E-state index contributed by atoms with van der Waals surface area (Å²) in [7, 11) is 4.98. The first kappa shape index (κ1) is 12.9. The van der Waals surface area contributed by atoms with Gasteiger partial charge in [0, 0.05) is 6.42 Å². The van der Waals surface area contributed by atoms with E-state index in [4.69, 9.17) is 10.8 Å². The molecule has 1 unspecified atom stereocenters. The lowest BCUT2D eigenvalue weighted by Gasteiger charge is -2.40. The van der Waals surface area contributed by atoms with Crippen molar-refractivity contribution in [3.05, 3.63) is 0 Å². The molecule has 5 nitrogen and oxygen atoms in total. The number of nitrogens with two attached hydrogens (primary N) is 1. The van der Waals surface area contributed by atoms with Gasteiger partial charge in [0.15, 0.2) is 0 Å². The highest BCUT2D eigenvalue weighted by molar-refractivity contribution is 6.04. The van der Waals surface area contributed by atoms with Crippen LogP contribution in [-0.2, 0) is 9.59 Å². The molecule has 0 rings (SSSR count). The Bertz CT molecular complexity index is 229. The molecule has 0 heterocycles. The zero-order valence-corrected chi connectivity index (χ0v) is 9.20. The van der Waals surface area contributed by atoms with Crippen molar-refractivity contribution >= 4 is 11.9 Å². The van der Waals surface area contributed by atoms with Crippen molar-refractivity contribution in [2.24, 2.45) is 5.73 Å². The number of amides is 1. The number of quaternary nitrogens is 1. The van der Waals surface area contributed by atoms with Crippen LogP contribution in [0.15, 0.2) is 0 Å². The first-order valence-electron chi connectivity index (χ1n) is 4.55. The van der Waals surface area contributed by atoms with Gasteiger partial charge in [0.25, 0.3) is 11.4 Å². The van der Waals surface area contributed by atoms with Gasteiger partial charge in [-0.25, -0.2) is 4.79 Å². The zero-order valence-electron chi connectivity index (χ0n) is 9.20. The quantitative estimate of drug-likeness (QED) is 0.479. The Labute approximate surface area is 84.1 Å². The molecule has 1 amide bonds. The highest BCUT2D eigenvalue weighted by Crippen LogP contribution is 2.24. The van der Waals surface area contributed by atoms with Gasteiger partial charge in [-0.2, -0.15) is 0 Å². The summed E-state index contributed by atoms with van der Waals surface area (Å²) < 4.78 is 0.00546. The minimum atomic E-state index is -1.52. The molecular formula is C9H19N2O3+. The number of aliphatic carboxylic acids is 1. The van der Waals surface area contributed by atoms with Gasteiger partial charge in [0.1, 0.15) is 0 Å². The summed E-state index contributed by atoms with van der Waals surface area (Å²) >= 11 is 0. The van der Waals surface area contributed by atoms with Gasteiger partial charge in [0.05, 0.1) is 21.1 Å². The molecule has 0 saturated carbocycles. The number of likely N-dealkylation sites (N-methyl/N-ethyl adjacent to an activating group) is 1. The van der Waals surface area contributed by atoms with Gasteiger partial charge in [-0.05, 0) is 6.42 Å². The molecule has 0 saturated heterocycles. The van der Waals surface area contributed by atoms with Crippen LogP contribution in [0.5, 0.6) is 0 Å². The summed E-state index contributed by atoms with van der Waals surface area (Å²) in [6.07, 6.45) is 0.853. The van der Waals surface area contributed by atoms with Gasteiger partial charge < -0.3 is 15.3 Å². The van der Waals surface area contributed by atoms with E-state index in [9.17, 15) is 9.59 Å². The lowest BCUT2D eigenvalue weighted by Crippen LogP contribution is -2.68. The minimum Gasteiger partial charge on any atom is -0.476 e. The van der Waals surface area contributed by atoms with Crippen molar-refractivity contribution in [1.82, 2.24) is 0 Å². The van der Waals surface area contributed by atoms with Gasteiger partial charge in [-0.3, -0.25) is 4.79 Å². The fourth-order valence-corrected chi connectivity index (χ4v) is 1.65. The zero-order chi connectivity index (χ0) is 11.6. The van der Waals surface area contributed by atoms with E-state index in [0.29, 0.717) is 6.42 Å². The second kappa shape index (κ2) is 3.96. The molecule has 0 aliphatic rings. The van der Waals surface area contributed by atoms with Gasteiger partial charge in [-0.1, -0.05) is 6.92 Å². The second-order valence-electron chi connectivity index (χ2n) is 4.29. The third-order valence-electron chi connectivity index (χ3n) is 2.52. The third kappa shape index (κ3) is 1.87. The van der Waals surface area contributed by atoms with Gasteiger partial charge >= 0.3 is 5.97 Å². The number of hydrogen-bond acceptors (Lipinski definition) is 2. The number of carboxylic acids is 1. The first-order chi connectivity index (χ1) is 6.20. The fraction of sp³-hybridized carbons (Fsp3) is 0.778. The summed E-state index contributed by atoms with van der Waals surface area (Å²) in [5.41, 5.74) is 3.69. The summed E-state index contributed by atoms with van der Waals surface area (Å²) in [4.78, 5) is 22.5. The van der Waals surface area contributed by atoms with Crippen molar-refractivity contribution in [2.45, 2.75) is 25.3 Å². The van der Waals surface area contributed by atoms with E-state index in [-0.39, 0.29) is 10.9 Å². The van der Waals surface area contributed by atoms with Crippen LogP contribution in [0.3, 0.4) is 0 Å². The third-order valence-corrected chi connectivity index (χ3v) is 2.52.